The van der Waals surface area contributed by atoms with Gasteiger partial charge in [0.25, 0.3) is 0 Å². The first-order valence-corrected chi connectivity index (χ1v) is 3.11. The number of aldehydes is 1. The third-order valence-electron chi connectivity index (χ3n) is 0.585. The molecule has 0 bridgehead atoms. The standard InChI is InChI=1S/C5H7BrO/c1-5(4-7)2-3-6/h2,4H,3H2,1H3/b5-2+. The van der Waals surface area contributed by atoms with Gasteiger partial charge in [-0.25, -0.2) is 0 Å². The lowest BCUT2D eigenvalue weighted by Crippen LogP contribution is -1.74. The van der Waals surface area contributed by atoms with Crippen LogP contribution in [0.4, 0.5) is 0 Å². The Labute approximate surface area is 51.5 Å². The quantitative estimate of drug-likeness (QED) is 0.342. The molecule has 0 aliphatic heterocycles. The fraction of sp³-hybridized carbons (Fsp3) is 0.400. The zero-order valence-electron chi connectivity index (χ0n) is 4.15. The fourth-order valence-electron chi connectivity index (χ4n) is 0.170. The van der Waals surface area contributed by atoms with E-state index >= 15 is 0 Å². The Bertz CT molecular complexity index is 86.1. The minimum Gasteiger partial charge on any atom is -0.298 e. The van der Waals surface area contributed by atoms with Crippen molar-refractivity contribution < 1.29 is 4.79 Å². The van der Waals surface area contributed by atoms with E-state index in [0.29, 0.717) is 0 Å². The summed E-state index contributed by atoms with van der Waals surface area (Å²) in [5.41, 5.74) is 0.775. The number of hydrogen-bond donors (Lipinski definition) is 0. The molecule has 0 saturated heterocycles. The molecule has 0 saturated carbocycles. The van der Waals surface area contributed by atoms with Gasteiger partial charge in [-0.3, -0.25) is 4.79 Å². The molecular weight excluding hydrogens is 156 g/mol. The summed E-state index contributed by atoms with van der Waals surface area (Å²) in [6, 6.07) is 0. The van der Waals surface area contributed by atoms with Crippen LogP contribution < -0.4 is 0 Å². The molecule has 0 spiro atoms. The van der Waals surface area contributed by atoms with Crippen molar-refractivity contribution in [2.45, 2.75) is 6.92 Å². The summed E-state index contributed by atoms with van der Waals surface area (Å²) in [7, 11) is 0. The Morgan fingerprint density at radius 3 is 2.57 bits per heavy atom. The first-order chi connectivity index (χ1) is 3.31. The Morgan fingerprint density at radius 2 is 2.43 bits per heavy atom. The molecular formula is C5H7BrO. The Morgan fingerprint density at radius 1 is 1.86 bits per heavy atom. The highest BCUT2D eigenvalue weighted by Gasteiger charge is 1.77. The zero-order chi connectivity index (χ0) is 5.70. The highest BCUT2D eigenvalue weighted by atomic mass is 79.9. The minimum absolute atomic E-state index is 0.761. The van der Waals surface area contributed by atoms with Crippen LogP contribution in [0.15, 0.2) is 11.6 Å². The van der Waals surface area contributed by atoms with E-state index in [1.165, 1.54) is 0 Å². The summed E-state index contributed by atoms with van der Waals surface area (Å²) in [6.45, 7) is 1.77. The smallest absolute Gasteiger partial charge is 0.145 e. The number of alkyl halides is 1. The lowest BCUT2D eigenvalue weighted by atomic mass is 10.3. The number of carbonyl (C=O) groups excluding carboxylic acids is 1. The molecule has 0 atom stereocenters. The van der Waals surface area contributed by atoms with Crippen molar-refractivity contribution in [3.8, 4) is 0 Å². The molecule has 0 N–H and O–H groups in total. The second kappa shape index (κ2) is 4.06. The Hall–Kier alpha value is -0.110. The second-order valence-electron chi connectivity index (χ2n) is 1.22. The van der Waals surface area contributed by atoms with Gasteiger partial charge in [0.1, 0.15) is 6.29 Å². The summed E-state index contributed by atoms with van der Waals surface area (Å²) in [4.78, 5) is 9.81. The van der Waals surface area contributed by atoms with Crippen molar-refractivity contribution >= 4 is 22.2 Å². The lowest BCUT2D eigenvalue weighted by molar-refractivity contribution is -0.104. The van der Waals surface area contributed by atoms with Crippen LogP contribution in [0.2, 0.25) is 0 Å². The van der Waals surface area contributed by atoms with Crippen molar-refractivity contribution in [2.75, 3.05) is 5.33 Å². The molecule has 0 aromatic carbocycles. The molecule has 0 unspecified atom stereocenters. The van der Waals surface area contributed by atoms with Crippen LogP contribution in [0.3, 0.4) is 0 Å². The summed E-state index contributed by atoms with van der Waals surface area (Å²) in [6.07, 6.45) is 2.65. The maximum Gasteiger partial charge on any atom is 0.145 e. The first-order valence-electron chi connectivity index (χ1n) is 1.99. The highest BCUT2D eigenvalue weighted by Crippen LogP contribution is 1.88. The summed E-state index contributed by atoms with van der Waals surface area (Å²) >= 11 is 3.16. The predicted molar refractivity (Wildman–Crippen MR) is 33.6 cm³/mol. The van der Waals surface area contributed by atoms with Crippen LogP contribution in [0.25, 0.3) is 0 Å². The maximum absolute atomic E-state index is 9.81. The molecule has 0 aromatic heterocycles. The van der Waals surface area contributed by atoms with E-state index in [0.717, 1.165) is 17.2 Å². The van der Waals surface area contributed by atoms with E-state index in [4.69, 9.17) is 0 Å². The van der Waals surface area contributed by atoms with Crippen LogP contribution in [0, 0.1) is 0 Å². The van der Waals surface area contributed by atoms with Crippen LogP contribution in [0.5, 0.6) is 0 Å². The summed E-state index contributed by atoms with van der Waals surface area (Å²) in [5, 5.41) is 0.761. The van der Waals surface area contributed by atoms with Crippen LogP contribution >= 0.6 is 15.9 Å². The molecule has 1 nitrogen and oxygen atoms in total. The number of rotatable bonds is 2. The predicted octanol–water partition coefficient (Wildman–Crippen LogP) is 1.53. The van der Waals surface area contributed by atoms with Gasteiger partial charge in [-0.1, -0.05) is 22.0 Å². The molecule has 0 fully saturated rings. The second-order valence-corrected chi connectivity index (χ2v) is 1.87. The third kappa shape index (κ3) is 3.73. The molecule has 0 amide bonds. The Kier molecular flexibility index (Phi) is 4.00. The van der Waals surface area contributed by atoms with Gasteiger partial charge < -0.3 is 0 Å². The molecule has 7 heavy (non-hydrogen) atoms. The van der Waals surface area contributed by atoms with E-state index in [1.54, 1.807) is 6.92 Å². The van der Waals surface area contributed by atoms with Gasteiger partial charge in [0.15, 0.2) is 0 Å². The van der Waals surface area contributed by atoms with E-state index in [2.05, 4.69) is 15.9 Å². The molecule has 0 aromatic rings. The molecule has 0 rings (SSSR count). The van der Waals surface area contributed by atoms with Crippen LogP contribution in [0.1, 0.15) is 6.92 Å². The SMILES string of the molecule is C/C(C=O)=C\CBr. The van der Waals surface area contributed by atoms with E-state index in [9.17, 15) is 4.79 Å². The van der Waals surface area contributed by atoms with Crippen LogP contribution in [-0.2, 0) is 4.79 Å². The maximum atomic E-state index is 9.81. The zero-order valence-corrected chi connectivity index (χ0v) is 5.73. The monoisotopic (exact) mass is 162 g/mol. The molecule has 0 radical (unpaired) electrons. The van der Waals surface area contributed by atoms with Gasteiger partial charge in [-0.2, -0.15) is 0 Å². The summed E-state index contributed by atoms with van der Waals surface area (Å²) < 4.78 is 0. The minimum atomic E-state index is 0.761. The van der Waals surface area contributed by atoms with Crippen molar-refractivity contribution in [1.29, 1.82) is 0 Å². The molecule has 0 aliphatic rings. The average Bonchev–Trinajstić information content (AvgIpc) is 1.68. The van der Waals surface area contributed by atoms with Gasteiger partial charge in [0, 0.05) is 5.33 Å². The topological polar surface area (TPSA) is 17.1 Å². The lowest BCUT2D eigenvalue weighted by Gasteiger charge is -1.78. The van der Waals surface area contributed by atoms with Crippen molar-refractivity contribution in [1.82, 2.24) is 0 Å². The number of halogens is 1. The highest BCUT2D eigenvalue weighted by molar-refractivity contribution is 9.09. The molecule has 0 aliphatic carbocycles. The van der Waals surface area contributed by atoms with E-state index < -0.39 is 0 Å². The molecule has 2 heteroatoms. The fourth-order valence-corrected chi connectivity index (χ4v) is 0.680. The number of hydrogen-bond acceptors (Lipinski definition) is 1. The van der Waals surface area contributed by atoms with Crippen molar-refractivity contribution in [3.63, 3.8) is 0 Å². The average molecular weight is 163 g/mol. The van der Waals surface area contributed by atoms with Gasteiger partial charge in [0.2, 0.25) is 0 Å². The summed E-state index contributed by atoms with van der Waals surface area (Å²) in [5.74, 6) is 0. The normalized spacial score (nSPS) is 11.4. The largest absolute Gasteiger partial charge is 0.298 e. The van der Waals surface area contributed by atoms with Gasteiger partial charge in [0.05, 0.1) is 0 Å². The Balaban J connectivity index is 3.49. The van der Waals surface area contributed by atoms with Crippen molar-refractivity contribution in [2.24, 2.45) is 0 Å². The van der Waals surface area contributed by atoms with E-state index in [1.807, 2.05) is 6.08 Å². The molecule has 40 valence electrons. The van der Waals surface area contributed by atoms with Gasteiger partial charge >= 0.3 is 0 Å². The molecule has 0 heterocycles. The first kappa shape index (κ1) is 6.89. The van der Waals surface area contributed by atoms with E-state index in [-0.39, 0.29) is 0 Å². The number of carbonyl (C=O) groups is 1. The third-order valence-corrected chi connectivity index (χ3v) is 0.909. The van der Waals surface area contributed by atoms with Gasteiger partial charge in [-0.05, 0) is 12.5 Å². The van der Waals surface area contributed by atoms with Gasteiger partial charge in [-0.15, -0.1) is 0 Å². The van der Waals surface area contributed by atoms with Crippen molar-refractivity contribution in [3.05, 3.63) is 11.6 Å². The van der Waals surface area contributed by atoms with Crippen LogP contribution in [-0.4, -0.2) is 11.6 Å². The number of allylic oxidation sites excluding steroid dienone is 2.